The minimum atomic E-state index is -1.09. The summed E-state index contributed by atoms with van der Waals surface area (Å²) in [6.45, 7) is 0. The first-order valence-corrected chi connectivity index (χ1v) is 8.53. The van der Waals surface area contributed by atoms with Gasteiger partial charge < -0.3 is 5.11 Å². The van der Waals surface area contributed by atoms with Crippen molar-refractivity contribution < 1.29 is 19.1 Å². The van der Waals surface area contributed by atoms with E-state index in [1.165, 1.54) is 24.3 Å². The summed E-state index contributed by atoms with van der Waals surface area (Å²) in [4.78, 5) is 27.5. The van der Waals surface area contributed by atoms with Gasteiger partial charge in [0, 0.05) is 29.6 Å². The van der Waals surface area contributed by atoms with Crippen LogP contribution in [-0.4, -0.2) is 21.8 Å². The van der Waals surface area contributed by atoms with E-state index in [9.17, 15) is 19.1 Å². The smallest absolute Gasteiger partial charge is 0.335 e. The largest absolute Gasteiger partial charge is 0.478 e. The molecule has 2 aromatic carbocycles. The molecular weight excluding hydrogens is 369 g/mol. The Labute approximate surface area is 160 Å². The lowest BCUT2D eigenvalue weighted by Crippen LogP contribution is -2.11. The van der Waals surface area contributed by atoms with Crippen LogP contribution in [0.3, 0.4) is 0 Å². The van der Waals surface area contributed by atoms with Crippen LogP contribution in [0.1, 0.15) is 21.5 Å². The maximum atomic E-state index is 13.3. The number of ketones is 1. The van der Waals surface area contributed by atoms with Crippen LogP contribution in [0.4, 0.5) is 4.39 Å². The number of benzene rings is 2. The number of carbonyl (C=O) groups is 2. The normalized spacial score (nSPS) is 10.6. The number of pyridine rings is 1. The number of nitrogens with zero attached hydrogens (tertiary/aromatic N) is 1. The Bertz CT molecular complexity index is 1000. The van der Waals surface area contributed by atoms with Crippen LogP contribution in [0.5, 0.6) is 0 Å². The fourth-order valence-corrected chi connectivity index (χ4v) is 3.00. The van der Waals surface area contributed by atoms with Crippen molar-refractivity contribution in [3.05, 3.63) is 88.5 Å². The number of carboxylic acids is 1. The summed E-state index contributed by atoms with van der Waals surface area (Å²) in [5.74, 6) is -1.63. The monoisotopic (exact) mass is 383 g/mol. The second-order valence-corrected chi connectivity index (χ2v) is 6.52. The van der Waals surface area contributed by atoms with Crippen LogP contribution in [0.2, 0.25) is 5.02 Å². The van der Waals surface area contributed by atoms with E-state index >= 15 is 0 Å². The van der Waals surface area contributed by atoms with Gasteiger partial charge in [0.25, 0.3) is 0 Å². The van der Waals surface area contributed by atoms with Crippen LogP contribution < -0.4 is 0 Å². The molecule has 0 radical (unpaired) electrons. The van der Waals surface area contributed by atoms with Crippen LogP contribution in [0.15, 0.2) is 60.9 Å². The van der Waals surface area contributed by atoms with Crippen molar-refractivity contribution in [2.24, 2.45) is 0 Å². The molecule has 0 aliphatic carbocycles. The zero-order valence-corrected chi connectivity index (χ0v) is 14.9. The average Bonchev–Trinajstić information content (AvgIpc) is 2.62. The summed E-state index contributed by atoms with van der Waals surface area (Å²) in [5.41, 5.74) is 2.69. The van der Waals surface area contributed by atoms with Crippen molar-refractivity contribution in [1.29, 1.82) is 0 Å². The summed E-state index contributed by atoms with van der Waals surface area (Å²) >= 11 is 5.92. The molecule has 3 aromatic rings. The van der Waals surface area contributed by atoms with E-state index in [1.54, 1.807) is 30.5 Å². The van der Waals surface area contributed by atoms with Crippen molar-refractivity contribution in [2.75, 3.05) is 0 Å². The van der Waals surface area contributed by atoms with E-state index in [4.69, 9.17) is 11.6 Å². The molecule has 0 atom stereocenters. The summed E-state index contributed by atoms with van der Waals surface area (Å²) in [6.07, 6.45) is 2.85. The maximum Gasteiger partial charge on any atom is 0.335 e. The zero-order chi connectivity index (χ0) is 19.4. The van der Waals surface area contributed by atoms with Crippen molar-refractivity contribution in [3.63, 3.8) is 0 Å². The Morgan fingerprint density at radius 3 is 2.37 bits per heavy atom. The molecule has 4 nitrogen and oxygen atoms in total. The fourth-order valence-electron chi connectivity index (χ4n) is 2.80. The van der Waals surface area contributed by atoms with Gasteiger partial charge >= 0.3 is 5.97 Å². The molecule has 0 saturated heterocycles. The number of carbonyl (C=O) groups excluding carboxylic acids is 1. The first-order valence-electron chi connectivity index (χ1n) is 8.15. The molecule has 0 bridgehead atoms. The minimum absolute atomic E-state index is 0.0161. The SMILES string of the molecule is O=C(Cc1ccc(-c2cncc(F)c2)cc1)Cc1cc(Cl)ccc1C(=O)O. The molecule has 0 unspecified atom stereocenters. The number of hydrogen-bond acceptors (Lipinski definition) is 3. The highest BCUT2D eigenvalue weighted by atomic mass is 35.5. The van der Waals surface area contributed by atoms with Gasteiger partial charge in [-0.2, -0.15) is 0 Å². The molecule has 0 aliphatic rings. The molecule has 1 heterocycles. The third-order valence-electron chi connectivity index (χ3n) is 4.08. The van der Waals surface area contributed by atoms with E-state index in [2.05, 4.69) is 4.98 Å². The topological polar surface area (TPSA) is 67.3 Å². The number of aromatic nitrogens is 1. The van der Waals surface area contributed by atoms with Crippen molar-refractivity contribution in [1.82, 2.24) is 4.98 Å². The van der Waals surface area contributed by atoms with Crippen molar-refractivity contribution >= 4 is 23.4 Å². The fraction of sp³-hybridized carbons (Fsp3) is 0.0952. The highest BCUT2D eigenvalue weighted by Crippen LogP contribution is 2.21. The quantitative estimate of drug-likeness (QED) is 0.675. The van der Waals surface area contributed by atoms with Gasteiger partial charge in [0.15, 0.2) is 0 Å². The lowest BCUT2D eigenvalue weighted by Gasteiger charge is -2.07. The molecule has 6 heteroatoms. The van der Waals surface area contributed by atoms with Crippen LogP contribution in [0, 0.1) is 5.82 Å². The molecule has 136 valence electrons. The standard InChI is InChI=1S/C21H15ClFNO3/c22-17-5-6-20(21(26)27)15(8-17)10-19(25)7-13-1-3-14(4-2-13)16-9-18(23)12-24-11-16/h1-6,8-9,11-12H,7,10H2,(H,26,27). The molecule has 1 aromatic heterocycles. The van der Waals surface area contributed by atoms with E-state index < -0.39 is 11.8 Å². The second-order valence-electron chi connectivity index (χ2n) is 6.09. The molecule has 27 heavy (non-hydrogen) atoms. The van der Waals surface area contributed by atoms with E-state index in [0.717, 1.165) is 17.3 Å². The summed E-state index contributed by atoms with van der Waals surface area (Å²) in [5, 5.41) is 9.62. The predicted molar refractivity (Wildman–Crippen MR) is 100 cm³/mol. The Morgan fingerprint density at radius 1 is 0.963 bits per heavy atom. The Morgan fingerprint density at radius 2 is 1.70 bits per heavy atom. The van der Waals surface area contributed by atoms with Gasteiger partial charge in [0.05, 0.1) is 11.8 Å². The van der Waals surface area contributed by atoms with Crippen LogP contribution in [0.25, 0.3) is 11.1 Å². The molecule has 0 aliphatic heterocycles. The van der Waals surface area contributed by atoms with Gasteiger partial charge in [0.1, 0.15) is 11.6 Å². The van der Waals surface area contributed by atoms with Gasteiger partial charge in [-0.05, 0) is 41.0 Å². The Hall–Kier alpha value is -3.05. The van der Waals surface area contributed by atoms with Crippen LogP contribution >= 0.6 is 11.6 Å². The molecule has 0 spiro atoms. The lowest BCUT2D eigenvalue weighted by molar-refractivity contribution is -0.117. The van der Waals surface area contributed by atoms with Gasteiger partial charge in [-0.3, -0.25) is 9.78 Å². The van der Waals surface area contributed by atoms with Crippen molar-refractivity contribution in [3.8, 4) is 11.1 Å². The number of rotatable bonds is 6. The first-order chi connectivity index (χ1) is 12.9. The molecule has 0 saturated carbocycles. The predicted octanol–water partition coefficient (Wildman–Crippen LogP) is 4.59. The zero-order valence-electron chi connectivity index (χ0n) is 14.2. The van der Waals surface area contributed by atoms with E-state index in [-0.39, 0.29) is 24.2 Å². The molecule has 0 amide bonds. The highest BCUT2D eigenvalue weighted by Gasteiger charge is 2.14. The summed E-state index contributed by atoms with van der Waals surface area (Å²) in [7, 11) is 0. The Kier molecular flexibility index (Phi) is 5.62. The molecular formula is C21H15ClFNO3. The van der Waals surface area contributed by atoms with Gasteiger partial charge in [-0.1, -0.05) is 35.9 Å². The lowest BCUT2D eigenvalue weighted by atomic mass is 9.98. The number of aromatic carboxylic acids is 1. The molecule has 0 fully saturated rings. The second kappa shape index (κ2) is 8.10. The minimum Gasteiger partial charge on any atom is -0.478 e. The average molecular weight is 384 g/mol. The summed E-state index contributed by atoms with van der Waals surface area (Å²) in [6, 6.07) is 12.9. The highest BCUT2D eigenvalue weighted by molar-refractivity contribution is 6.30. The van der Waals surface area contributed by atoms with Crippen LogP contribution in [-0.2, 0) is 17.6 Å². The third kappa shape index (κ3) is 4.77. The van der Waals surface area contributed by atoms with Gasteiger partial charge in [-0.15, -0.1) is 0 Å². The number of Topliss-reactive ketones (excluding diaryl/α,β-unsaturated/α-hetero) is 1. The number of hydrogen-bond donors (Lipinski definition) is 1. The van der Waals surface area contributed by atoms with Gasteiger partial charge in [-0.25, -0.2) is 9.18 Å². The summed E-state index contributed by atoms with van der Waals surface area (Å²) < 4.78 is 13.3. The van der Waals surface area contributed by atoms with Gasteiger partial charge in [0.2, 0.25) is 0 Å². The van der Waals surface area contributed by atoms with E-state index in [0.29, 0.717) is 16.1 Å². The number of halogens is 2. The van der Waals surface area contributed by atoms with Crippen molar-refractivity contribution in [2.45, 2.75) is 12.8 Å². The molecule has 3 rings (SSSR count). The molecule has 1 N–H and O–H groups in total. The Balaban J connectivity index is 1.72. The number of carboxylic acid groups (broad SMARTS) is 1. The first kappa shape index (κ1) is 18.7. The van der Waals surface area contributed by atoms with E-state index in [1.807, 2.05) is 0 Å². The third-order valence-corrected chi connectivity index (χ3v) is 4.31. The maximum absolute atomic E-state index is 13.3.